The molecule has 96 valence electrons. The van der Waals surface area contributed by atoms with Crippen molar-refractivity contribution in [1.82, 2.24) is 0 Å². The van der Waals surface area contributed by atoms with Crippen LogP contribution in [0.15, 0.2) is 42.0 Å². The van der Waals surface area contributed by atoms with E-state index in [-0.39, 0.29) is 5.78 Å². The molecule has 0 saturated heterocycles. The fraction of sp³-hybridized carbons (Fsp3) is 0.188. The Labute approximate surface area is 111 Å². The van der Waals surface area contributed by atoms with E-state index in [1.54, 1.807) is 0 Å². The summed E-state index contributed by atoms with van der Waals surface area (Å²) in [6, 6.07) is 11.9. The number of Topliss-reactive ketones (excluding diaryl/α,β-unsaturated/α-hetero) is 1. The monoisotopic (exact) mass is 253 g/mol. The van der Waals surface area contributed by atoms with Gasteiger partial charge in [-0.25, -0.2) is 0 Å². The molecule has 3 nitrogen and oxygen atoms in total. The minimum atomic E-state index is 0.0568. The van der Waals surface area contributed by atoms with E-state index in [9.17, 15) is 4.79 Å². The second kappa shape index (κ2) is 4.96. The molecule has 1 aliphatic carbocycles. The van der Waals surface area contributed by atoms with Gasteiger partial charge in [-0.3, -0.25) is 4.79 Å². The lowest BCUT2D eigenvalue weighted by molar-refractivity contribution is 0.0990. The molecule has 3 rings (SSSR count). The summed E-state index contributed by atoms with van der Waals surface area (Å²) in [5.41, 5.74) is 7.93. The van der Waals surface area contributed by atoms with Gasteiger partial charge in [0, 0.05) is 23.1 Å². The number of carbonyl (C=O) groups is 1. The summed E-state index contributed by atoms with van der Waals surface area (Å²) >= 11 is 0. The van der Waals surface area contributed by atoms with E-state index in [1.807, 2.05) is 42.5 Å². The smallest absolute Gasteiger partial charge is 0.192 e. The van der Waals surface area contributed by atoms with Gasteiger partial charge in [-0.05, 0) is 17.0 Å². The SMILES string of the molecule is NCCOCC1=Cc2cccc3cccc(c23)C1=O. The molecule has 1 aliphatic rings. The molecule has 0 aliphatic heterocycles. The van der Waals surface area contributed by atoms with E-state index in [0.29, 0.717) is 25.3 Å². The van der Waals surface area contributed by atoms with Crippen LogP contribution in [0.25, 0.3) is 16.8 Å². The zero-order valence-electron chi connectivity index (χ0n) is 10.6. The zero-order valence-corrected chi connectivity index (χ0v) is 10.6. The van der Waals surface area contributed by atoms with Gasteiger partial charge in [0.15, 0.2) is 5.78 Å². The molecule has 0 saturated carbocycles. The lowest BCUT2D eigenvalue weighted by atomic mass is 9.88. The van der Waals surface area contributed by atoms with Crippen molar-refractivity contribution in [2.75, 3.05) is 19.8 Å². The van der Waals surface area contributed by atoms with Gasteiger partial charge in [-0.15, -0.1) is 0 Å². The predicted molar refractivity (Wildman–Crippen MR) is 76.1 cm³/mol. The van der Waals surface area contributed by atoms with Gasteiger partial charge in [0.1, 0.15) is 0 Å². The van der Waals surface area contributed by atoms with Crippen LogP contribution in [0, 0.1) is 0 Å². The van der Waals surface area contributed by atoms with Gasteiger partial charge in [-0.1, -0.05) is 36.4 Å². The number of hydrogen-bond donors (Lipinski definition) is 1. The Morgan fingerprint density at radius 1 is 1.11 bits per heavy atom. The lowest BCUT2D eigenvalue weighted by Crippen LogP contribution is -2.16. The number of benzene rings is 2. The number of hydrogen-bond acceptors (Lipinski definition) is 3. The molecule has 0 aromatic heterocycles. The molecule has 2 aromatic rings. The Bertz CT molecular complexity index is 668. The summed E-state index contributed by atoms with van der Waals surface area (Å²) in [7, 11) is 0. The van der Waals surface area contributed by atoms with E-state index in [0.717, 1.165) is 21.9 Å². The van der Waals surface area contributed by atoms with E-state index >= 15 is 0 Å². The third kappa shape index (κ3) is 2.07. The quantitative estimate of drug-likeness (QED) is 0.851. The molecule has 0 amide bonds. The first kappa shape index (κ1) is 12.1. The first-order chi connectivity index (χ1) is 9.31. The minimum absolute atomic E-state index is 0.0568. The van der Waals surface area contributed by atoms with Crippen LogP contribution in [0.3, 0.4) is 0 Å². The summed E-state index contributed by atoms with van der Waals surface area (Å²) in [5, 5.41) is 2.14. The molecule has 2 aromatic carbocycles. The highest BCUT2D eigenvalue weighted by Crippen LogP contribution is 2.31. The van der Waals surface area contributed by atoms with E-state index in [1.165, 1.54) is 0 Å². The molecule has 19 heavy (non-hydrogen) atoms. The molecular weight excluding hydrogens is 238 g/mol. The van der Waals surface area contributed by atoms with Crippen LogP contribution in [0.1, 0.15) is 15.9 Å². The highest BCUT2D eigenvalue weighted by Gasteiger charge is 2.21. The molecule has 2 N–H and O–H groups in total. The number of nitrogens with two attached hydrogens (primary N) is 1. The summed E-state index contributed by atoms with van der Waals surface area (Å²) in [5.74, 6) is 0.0568. The molecule has 0 bridgehead atoms. The maximum absolute atomic E-state index is 12.4. The topological polar surface area (TPSA) is 52.3 Å². The average Bonchev–Trinajstić information content (AvgIpc) is 2.44. The Morgan fingerprint density at radius 2 is 1.89 bits per heavy atom. The highest BCUT2D eigenvalue weighted by atomic mass is 16.5. The lowest BCUT2D eigenvalue weighted by Gasteiger charge is -2.16. The number of carbonyl (C=O) groups excluding carboxylic acids is 1. The minimum Gasteiger partial charge on any atom is -0.375 e. The summed E-state index contributed by atoms with van der Waals surface area (Å²) in [6.45, 7) is 1.25. The van der Waals surface area contributed by atoms with Gasteiger partial charge in [-0.2, -0.15) is 0 Å². The predicted octanol–water partition coefficient (Wildman–Crippen LogP) is 2.39. The van der Waals surface area contributed by atoms with Gasteiger partial charge in [0.25, 0.3) is 0 Å². The van der Waals surface area contributed by atoms with Crippen molar-refractivity contribution >= 4 is 22.6 Å². The van der Waals surface area contributed by atoms with Crippen LogP contribution in [-0.2, 0) is 4.74 Å². The molecule has 0 fully saturated rings. The second-order valence-electron chi connectivity index (χ2n) is 4.59. The van der Waals surface area contributed by atoms with E-state index in [4.69, 9.17) is 10.5 Å². The third-order valence-corrected chi connectivity index (χ3v) is 3.32. The largest absolute Gasteiger partial charge is 0.375 e. The Morgan fingerprint density at radius 3 is 2.68 bits per heavy atom. The molecule has 0 atom stereocenters. The van der Waals surface area contributed by atoms with Crippen molar-refractivity contribution in [2.24, 2.45) is 5.73 Å². The van der Waals surface area contributed by atoms with Crippen LogP contribution >= 0.6 is 0 Å². The fourth-order valence-electron chi connectivity index (χ4n) is 2.48. The Kier molecular flexibility index (Phi) is 3.15. The first-order valence-electron chi connectivity index (χ1n) is 6.36. The average molecular weight is 253 g/mol. The Balaban J connectivity index is 2.06. The summed E-state index contributed by atoms with van der Waals surface area (Å²) < 4.78 is 5.39. The summed E-state index contributed by atoms with van der Waals surface area (Å²) in [4.78, 5) is 12.4. The van der Waals surface area contributed by atoms with Crippen molar-refractivity contribution in [2.45, 2.75) is 0 Å². The molecule has 0 unspecified atom stereocenters. The van der Waals surface area contributed by atoms with Gasteiger partial charge in [0.05, 0.1) is 13.2 Å². The number of ketones is 1. The zero-order chi connectivity index (χ0) is 13.2. The van der Waals surface area contributed by atoms with E-state index < -0.39 is 0 Å². The first-order valence-corrected chi connectivity index (χ1v) is 6.36. The number of rotatable bonds is 4. The van der Waals surface area contributed by atoms with Gasteiger partial charge < -0.3 is 10.5 Å². The second-order valence-corrected chi connectivity index (χ2v) is 4.59. The van der Waals surface area contributed by atoms with Crippen molar-refractivity contribution in [3.05, 3.63) is 53.1 Å². The maximum Gasteiger partial charge on any atom is 0.192 e. The van der Waals surface area contributed by atoms with Crippen molar-refractivity contribution in [3.8, 4) is 0 Å². The van der Waals surface area contributed by atoms with Crippen LogP contribution < -0.4 is 5.73 Å². The van der Waals surface area contributed by atoms with Crippen molar-refractivity contribution in [1.29, 1.82) is 0 Å². The molecule has 0 heterocycles. The fourth-order valence-corrected chi connectivity index (χ4v) is 2.48. The molecule has 0 radical (unpaired) electrons. The maximum atomic E-state index is 12.4. The van der Waals surface area contributed by atoms with Gasteiger partial charge in [0.2, 0.25) is 0 Å². The molecule has 0 spiro atoms. The summed E-state index contributed by atoms with van der Waals surface area (Å²) in [6.07, 6.45) is 1.92. The van der Waals surface area contributed by atoms with Gasteiger partial charge >= 0.3 is 0 Å². The van der Waals surface area contributed by atoms with E-state index in [2.05, 4.69) is 0 Å². The molecule has 3 heteroatoms. The molecular formula is C16H15NO2. The van der Waals surface area contributed by atoms with Crippen molar-refractivity contribution < 1.29 is 9.53 Å². The number of ether oxygens (including phenoxy) is 1. The van der Waals surface area contributed by atoms with Crippen molar-refractivity contribution in [3.63, 3.8) is 0 Å². The normalized spacial score (nSPS) is 13.7. The van der Waals surface area contributed by atoms with Crippen LogP contribution in [0.2, 0.25) is 0 Å². The van der Waals surface area contributed by atoms with Crippen LogP contribution in [-0.4, -0.2) is 25.5 Å². The third-order valence-electron chi connectivity index (χ3n) is 3.32. The standard InChI is InChI=1S/C16H15NO2/c17-7-8-19-10-13-9-12-5-1-3-11-4-2-6-14(15(11)12)16(13)18/h1-6,9H,7-8,10,17H2. The van der Waals surface area contributed by atoms with Crippen LogP contribution in [0.5, 0.6) is 0 Å². The Hall–Kier alpha value is -1.97. The highest BCUT2D eigenvalue weighted by molar-refractivity contribution is 6.22. The van der Waals surface area contributed by atoms with Crippen LogP contribution in [0.4, 0.5) is 0 Å².